The van der Waals surface area contributed by atoms with E-state index in [0.717, 1.165) is 0 Å². The van der Waals surface area contributed by atoms with Gasteiger partial charge in [-0.3, -0.25) is 0 Å². The molecule has 0 amide bonds. The van der Waals surface area contributed by atoms with Gasteiger partial charge in [-0.25, -0.2) is 0 Å². The highest BCUT2D eigenvalue weighted by Crippen LogP contribution is 2.39. The molecule has 1 unspecified atom stereocenters. The molecule has 0 nitrogen and oxygen atoms in total. The minimum absolute atomic E-state index is 0.140. The Kier molecular flexibility index (Phi) is 4.99. The summed E-state index contributed by atoms with van der Waals surface area (Å²) in [6.45, 7) is 11.1. The Hall–Kier alpha value is -0.600. The first-order chi connectivity index (χ1) is 9.71. The van der Waals surface area contributed by atoms with E-state index >= 15 is 0 Å². The molecular formula is C19H22Br2. The first-order valence-corrected chi connectivity index (χ1v) is 8.93. The Morgan fingerprint density at radius 3 is 2.14 bits per heavy atom. The van der Waals surface area contributed by atoms with Crippen LogP contribution in [0.1, 0.15) is 53.4 Å². The largest absolute Gasteiger partial charge is 0.0786 e. The van der Waals surface area contributed by atoms with Gasteiger partial charge in [-0.1, -0.05) is 83.0 Å². The molecule has 0 bridgehead atoms. The van der Waals surface area contributed by atoms with Crippen molar-refractivity contribution in [3.8, 4) is 0 Å². The van der Waals surface area contributed by atoms with Gasteiger partial charge >= 0.3 is 0 Å². The smallest absolute Gasteiger partial charge is 0.0650 e. The summed E-state index contributed by atoms with van der Waals surface area (Å²) in [6, 6.07) is 13.2. The summed E-state index contributed by atoms with van der Waals surface area (Å²) in [6.07, 6.45) is 0. The van der Waals surface area contributed by atoms with Gasteiger partial charge in [-0.15, -0.1) is 0 Å². The lowest BCUT2D eigenvalue weighted by Crippen LogP contribution is -2.15. The van der Waals surface area contributed by atoms with Crippen LogP contribution in [0.3, 0.4) is 0 Å². The maximum absolute atomic E-state index is 3.93. The lowest BCUT2D eigenvalue weighted by Gasteiger charge is -2.26. The van der Waals surface area contributed by atoms with Gasteiger partial charge in [-0.05, 0) is 53.1 Å². The zero-order chi connectivity index (χ0) is 15.8. The van der Waals surface area contributed by atoms with E-state index in [1.165, 1.54) is 32.3 Å². The SMILES string of the molecule is Cc1cc(C(Br)c2ccccc2C(C)(C)C)c(C)cc1Br. The summed E-state index contributed by atoms with van der Waals surface area (Å²) in [5.41, 5.74) is 6.81. The van der Waals surface area contributed by atoms with Crippen molar-refractivity contribution in [2.24, 2.45) is 0 Å². The average Bonchev–Trinajstić information content (AvgIpc) is 2.41. The van der Waals surface area contributed by atoms with E-state index in [-0.39, 0.29) is 10.2 Å². The average molecular weight is 410 g/mol. The van der Waals surface area contributed by atoms with Crippen LogP contribution in [0.4, 0.5) is 0 Å². The molecule has 0 saturated heterocycles. The minimum atomic E-state index is 0.140. The van der Waals surface area contributed by atoms with Crippen molar-refractivity contribution in [1.82, 2.24) is 0 Å². The van der Waals surface area contributed by atoms with Crippen LogP contribution in [0.15, 0.2) is 40.9 Å². The van der Waals surface area contributed by atoms with Crippen LogP contribution >= 0.6 is 31.9 Å². The molecule has 2 rings (SSSR count). The van der Waals surface area contributed by atoms with E-state index in [9.17, 15) is 0 Å². The molecule has 0 radical (unpaired) electrons. The van der Waals surface area contributed by atoms with E-state index in [1.807, 2.05) is 0 Å². The summed E-state index contributed by atoms with van der Waals surface area (Å²) >= 11 is 7.55. The van der Waals surface area contributed by atoms with Gasteiger partial charge in [0.05, 0.1) is 4.83 Å². The van der Waals surface area contributed by atoms with Crippen LogP contribution in [0.2, 0.25) is 0 Å². The topological polar surface area (TPSA) is 0 Å². The Bertz CT molecular complexity index is 651. The van der Waals surface area contributed by atoms with Gasteiger partial charge in [0, 0.05) is 4.47 Å². The molecule has 0 aliphatic rings. The van der Waals surface area contributed by atoms with Crippen LogP contribution in [0.5, 0.6) is 0 Å². The molecule has 1 atom stereocenters. The number of halogens is 2. The van der Waals surface area contributed by atoms with E-state index in [4.69, 9.17) is 0 Å². The second-order valence-electron chi connectivity index (χ2n) is 6.66. The Labute approximate surface area is 145 Å². The molecule has 0 saturated carbocycles. The molecule has 2 heteroatoms. The molecule has 0 aliphatic heterocycles. The van der Waals surface area contributed by atoms with Crippen LogP contribution in [-0.4, -0.2) is 0 Å². The molecule has 0 aromatic heterocycles. The summed E-state index contributed by atoms with van der Waals surface area (Å²) in [5.74, 6) is 0. The summed E-state index contributed by atoms with van der Waals surface area (Å²) in [4.78, 5) is 0.222. The zero-order valence-corrected chi connectivity index (χ0v) is 16.5. The maximum atomic E-state index is 3.93. The first kappa shape index (κ1) is 16.8. The fraction of sp³-hybridized carbons (Fsp3) is 0.368. The lowest BCUT2D eigenvalue weighted by atomic mass is 9.82. The minimum Gasteiger partial charge on any atom is -0.0786 e. The number of rotatable bonds is 2. The Morgan fingerprint density at radius 1 is 0.905 bits per heavy atom. The summed E-state index contributed by atoms with van der Waals surface area (Å²) < 4.78 is 1.17. The number of alkyl halides is 1. The molecule has 0 fully saturated rings. The van der Waals surface area contributed by atoms with E-state index < -0.39 is 0 Å². The van der Waals surface area contributed by atoms with Crippen molar-refractivity contribution in [3.05, 3.63) is 68.7 Å². The van der Waals surface area contributed by atoms with Crippen LogP contribution in [0.25, 0.3) is 0 Å². The molecule has 2 aromatic rings. The normalized spacial score (nSPS) is 13.3. The van der Waals surface area contributed by atoms with Crippen molar-refractivity contribution in [1.29, 1.82) is 0 Å². The Morgan fingerprint density at radius 2 is 1.52 bits per heavy atom. The molecule has 0 spiro atoms. The Balaban J connectivity index is 2.56. The van der Waals surface area contributed by atoms with Crippen molar-refractivity contribution >= 4 is 31.9 Å². The fourth-order valence-electron chi connectivity index (χ4n) is 2.64. The maximum Gasteiger partial charge on any atom is 0.0650 e. The van der Waals surface area contributed by atoms with Gasteiger partial charge in [-0.2, -0.15) is 0 Å². The van der Waals surface area contributed by atoms with Crippen LogP contribution < -0.4 is 0 Å². The van der Waals surface area contributed by atoms with Crippen molar-refractivity contribution in [2.45, 2.75) is 44.9 Å². The van der Waals surface area contributed by atoms with Gasteiger partial charge < -0.3 is 0 Å². The zero-order valence-electron chi connectivity index (χ0n) is 13.3. The van der Waals surface area contributed by atoms with Gasteiger partial charge in [0.2, 0.25) is 0 Å². The molecule has 0 heterocycles. The van der Waals surface area contributed by atoms with Gasteiger partial charge in [0.25, 0.3) is 0 Å². The third kappa shape index (κ3) is 3.60. The predicted octanol–water partition coefficient (Wildman–Crippen LogP) is 6.85. The quantitative estimate of drug-likeness (QED) is 0.475. The molecule has 2 aromatic carbocycles. The van der Waals surface area contributed by atoms with Crippen LogP contribution in [0, 0.1) is 13.8 Å². The standard InChI is InChI=1S/C19H22Br2/c1-12-11-17(20)13(2)10-15(12)18(21)14-8-6-7-9-16(14)19(3,4)5/h6-11,18H,1-5H3. The van der Waals surface area contributed by atoms with E-state index in [1.54, 1.807) is 0 Å². The van der Waals surface area contributed by atoms with Crippen LogP contribution in [-0.2, 0) is 5.41 Å². The van der Waals surface area contributed by atoms with Gasteiger partial charge in [0.1, 0.15) is 0 Å². The van der Waals surface area contributed by atoms with Gasteiger partial charge in [0.15, 0.2) is 0 Å². The van der Waals surface area contributed by atoms with E-state index in [0.29, 0.717) is 0 Å². The van der Waals surface area contributed by atoms with Crippen molar-refractivity contribution in [3.63, 3.8) is 0 Å². The number of aryl methyl sites for hydroxylation is 2. The molecule has 112 valence electrons. The molecule has 0 aliphatic carbocycles. The first-order valence-electron chi connectivity index (χ1n) is 7.22. The molecular weight excluding hydrogens is 388 g/mol. The highest BCUT2D eigenvalue weighted by atomic mass is 79.9. The van der Waals surface area contributed by atoms with E-state index in [2.05, 4.69) is 103 Å². The molecule has 0 N–H and O–H groups in total. The van der Waals surface area contributed by atoms with Crippen molar-refractivity contribution < 1.29 is 0 Å². The highest BCUT2D eigenvalue weighted by Gasteiger charge is 2.23. The number of benzene rings is 2. The second-order valence-corrected chi connectivity index (χ2v) is 8.43. The van der Waals surface area contributed by atoms with Crippen molar-refractivity contribution in [2.75, 3.05) is 0 Å². The fourth-order valence-corrected chi connectivity index (χ4v) is 4.00. The monoisotopic (exact) mass is 408 g/mol. The third-order valence-corrected chi connectivity index (χ3v) is 5.70. The predicted molar refractivity (Wildman–Crippen MR) is 99.5 cm³/mol. The molecule has 21 heavy (non-hydrogen) atoms. The second kappa shape index (κ2) is 6.26. The number of hydrogen-bond acceptors (Lipinski definition) is 0. The summed E-state index contributed by atoms with van der Waals surface area (Å²) in [7, 11) is 0. The summed E-state index contributed by atoms with van der Waals surface area (Å²) in [5, 5.41) is 0. The number of hydrogen-bond donors (Lipinski definition) is 0. The highest BCUT2D eigenvalue weighted by molar-refractivity contribution is 9.10. The third-order valence-electron chi connectivity index (χ3n) is 3.86. The lowest BCUT2D eigenvalue weighted by molar-refractivity contribution is 0.584.